The summed E-state index contributed by atoms with van der Waals surface area (Å²) in [5.41, 5.74) is 2.83. The van der Waals surface area contributed by atoms with E-state index in [2.05, 4.69) is 29.2 Å². The minimum Gasteiger partial charge on any atom is -0.352 e. The Morgan fingerprint density at radius 3 is 2.85 bits per heavy atom. The number of hydrogen-bond acceptors (Lipinski definition) is 3. The van der Waals surface area contributed by atoms with E-state index in [9.17, 15) is 0 Å². The van der Waals surface area contributed by atoms with Gasteiger partial charge in [0.2, 0.25) is 0 Å². The van der Waals surface area contributed by atoms with Gasteiger partial charge in [0.1, 0.15) is 0 Å². The molecule has 0 spiro atoms. The number of hydrogen-bond donors (Lipinski definition) is 1. The Morgan fingerprint density at radius 1 is 1.25 bits per heavy atom. The number of anilines is 2. The Morgan fingerprint density at radius 2 is 2.10 bits per heavy atom. The minimum absolute atomic E-state index is 0.346. The van der Waals surface area contributed by atoms with Gasteiger partial charge in [-0.3, -0.25) is 9.67 Å². The van der Waals surface area contributed by atoms with E-state index in [4.69, 9.17) is 11.6 Å². The Kier molecular flexibility index (Phi) is 3.32. The van der Waals surface area contributed by atoms with Crippen molar-refractivity contribution in [3.63, 3.8) is 0 Å². The SMILES string of the molecule is CC(C)n1cc(Nc2ccnc3cc(Cl)ccc23)cn1. The number of nitrogens with zero attached hydrogens (tertiary/aromatic N) is 3. The number of rotatable bonds is 3. The van der Waals surface area contributed by atoms with Crippen LogP contribution < -0.4 is 5.32 Å². The fraction of sp³-hybridized carbons (Fsp3) is 0.200. The summed E-state index contributed by atoms with van der Waals surface area (Å²) >= 11 is 6.00. The average Bonchev–Trinajstić information content (AvgIpc) is 2.87. The third kappa shape index (κ3) is 2.47. The largest absolute Gasteiger partial charge is 0.352 e. The van der Waals surface area contributed by atoms with Gasteiger partial charge in [-0.1, -0.05) is 11.6 Å². The number of nitrogens with one attached hydrogen (secondary N) is 1. The van der Waals surface area contributed by atoms with Gasteiger partial charge in [-0.15, -0.1) is 0 Å². The molecule has 1 aromatic carbocycles. The Balaban J connectivity index is 1.97. The van der Waals surface area contributed by atoms with Crippen molar-refractivity contribution in [1.82, 2.24) is 14.8 Å². The van der Waals surface area contributed by atoms with Crippen molar-refractivity contribution in [2.45, 2.75) is 19.9 Å². The van der Waals surface area contributed by atoms with Gasteiger partial charge in [-0.25, -0.2) is 0 Å². The quantitative estimate of drug-likeness (QED) is 0.775. The molecule has 0 bridgehead atoms. The number of benzene rings is 1. The van der Waals surface area contributed by atoms with E-state index in [0.29, 0.717) is 11.1 Å². The molecule has 0 aliphatic heterocycles. The summed E-state index contributed by atoms with van der Waals surface area (Å²) in [7, 11) is 0. The summed E-state index contributed by atoms with van der Waals surface area (Å²) in [6.07, 6.45) is 5.59. The Bertz CT molecular complexity index is 748. The van der Waals surface area contributed by atoms with E-state index in [1.165, 1.54) is 0 Å². The zero-order valence-corrected chi connectivity index (χ0v) is 12.1. The standard InChI is InChI=1S/C15H15ClN4/c1-10(2)20-9-12(8-18-20)19-14-5-6-17-15-7-11(16)3-4-13(14)15/h3-10H,1-2H3,(H,17,19). The van der Waals surface area contributed by atoms with Gasteiger partial charge in [0.15, 0.2) is 0 Å². The average molecular weight is 287 g/mol. The van der Waals surface area contributed by atoms with E-state index in [1.807, 2.05) is 41.3 Å². The van der Waals surface area contributed by atoms with E-state index >= 15 is 0 Å². The molecule has 5 heteroatoms. The first kappa shape index (κ1) is 12.9. The molecule has 0 atom stereocenters. The molecule has 0 radical (unpaired) electrons. The lowest BCUT2D eigenvalue weighted by molar-refractivity contribution is 0.532. The Hall–Kier alpha value is -2.07. The number of halogens is 1. The van der Waals surface area contributed by atoms with Gasteiger partial charge in [0.25, 0.3) is 0 Å². The van der Waals surface area contributed by atoms with Crippen LogP contribution in [0.3, 0.4) is 0 Å². The maximum atomic E-state index is 6.00. The van der Waals surface area contributed by atoms with Gasteiger partial charge in [-0.2, -0.15) is 5.10 Å². The van der Waals surface area contributed by atoms with Crippen molar-refractivity contribution in [1.29, 1.82) is 0 Å². The zero-order chi connectivity index (χ0) is 14.1. The maximum Gasteiger partial charge on any atom is 0.0770 e. The first-order valence-corrected chi connectivity index (χ1v) is 6.87. The van der Waals surface area contributed by atoms with Crippen LogP contribution in [0.2, 0.25) is 5.02 Å². The van der Waals surface area contributed by atoms with E-state index in [1.54, 1.807) is 6.20 Å². The highest BCUT2D eigenvalue weighted by molar-refractivity contribution is 6.31. The third-order valence-corrected chi connectivity index (χ3v) is 3.35. The van der Waals surface area contributed by atoms with Crippen molar-refractivity contribution in [3.8, 4) is 0 Å². The lowest BCUT2D eigenvalue weighted by Crippen LogP contribution is -2.00. The van der Waals surface area contributed by atoms with Gasteiger partial charge in [0, 0.05) is 34.5 Å². The summed E-state index contributed by atoms with van der Waals surface area (Å²) in [4.78, 5) is 4.33. The summed E-state index contributed by atoms with van der Waals surface area (Å²) in [5, 5.41) is 9.42. The van der Waals surface area contributed by atoms with E-state index < -0.39 is 0 Å². The van der Waals surface area contributed by atoms with Crippen LogP contribution in [0.1, 0.15) is 19.9 Å². The molecule has 20 heavy (non-hydrogen) atoms. The molecule has 4 nitrogen and oxygen atoms in total. The fourth-order valence-corrected chi connectivity index (χ4v) is 2.24. The van der Waals surface area contributed by atoms with Crippen molar-refractivity contribution >= 4 is 33.9 Å². The van der Waals surface area contributed by atoms with Crippen LogP contribution in [0.4, 0.5) is 11.4 Å². The second-order valence-corrected chi connectivity index (χ2v) is 5.38. The highest BCUT2D eigenvalue weighted by Gasteiger charge is 2.05. The van der Waals surface area contributed by atoms with Gasteiger partial charge in [0.05, 0.1) is 17.4 Å². The fourth-order valence-electron chi connectivity index (χ4n) is 2.07. The number of fused-ring (bicyclic) bond motifs is 1. The first-order chi connectivity index (χ1) is 9.63. The Labute approximate surface area is 122 Å². The predicted molar refractivity (Wildman–Crippen MR) is 82.6 cm³/mol. The van der Waals surface area contributed by atoms with E-state index in [-0.39, 0.29) is 0 Å². The normalized spacial score (nSPS) is 11.2. The molecule has 2 heterocycles. The van der Waals surface area contributed by atoms with Crippen LogP contribution >= 0.6 is 11.6 Å². The van der Waals surface area contributed by atoms with Crippen molar-refractivity contribution in [3.05, 3.63) is 47.9 Å². The van der Waals surface area contributed by atoms with Crippen molar-refractivity contribution in [2.75, 3.05) is 5.32 Å². The molecule has 0 saturated carbocycles. The molecule has 0 fully saturated rings. The van der Waals surface area contributed by atoms with Gasteiger partial charge in [-0.05, 0) is 38.1 Å². The lowest BCUT2D eigenvalue weighted by atomic mass is 10.2. The summed E-state index contributed by atoms with van der Waals surface area (Å²) < 4.78 is 1.92. The van der Waals surface area contributed by atoms with E-state index in [0.717, 1.165) is 22.3 Å². The molecule has 102 valence electrons. The maximum absolute atomic E-state index is 6.00. The monoisotopic (exact) mass is 286 g/mol. The minimum atomic E-state index is 0.346. The molecule has 0 saturated heterocycles. The van der Waals surface area contributed by atoms with Crippen molar-refractivity contribution in [2.24, 2.45) is 0 Å². The summed E-state index contributed by atoms with van der Waals surface area (Å²) in [6.45, 7) is 4.20. The zero-order valence-electron chi connectivity index (χ0n) is 11.3. The van der Waals surface area contributed by atoms with Gasteiger partial charge >= 0.3 is 0 Å². The molecule has 0 aliphatic rings. The molecule has 3 aromatic rings. The first-order valence-electron chi connectivity index (χ1n) is 6.49. The predicted octanol–water partition coefficient (Wildman–Crippen LogP) is 4.41. The summed E-state index contributed by atoms with van der Waals surface area (Å²) in [5.74, 6) is 0. The molecular formula is C15H15ClN4. The lowest BCUT2D eigenvalue weighted by Gasteiger charge is -2.08. The van der Waals surface area contributed by atoms with Gasteiger partial charge < -0.3 is 5.32 Å². The van der Waals surface area contributed by atoms with Crippen LogP contribution in [-0.2, 0) is 0 Å². The van der Waals surface area contributed by atoms with Crippen LogP contribution in [0.5, 0.6) is 0 Å². The second-order valence-electron chi connectivity index (χ2n) is 4.95. The molecule has 1 N–H and O–H groups in total. The van der Waals surface area contributed by atoms with Crippen molar-refractivity contribution < 1.29 is 0 Å². The molecule has 3 rings (SSSR count). The third-order valence-electron chi connectivity index (χ3n) is 3.11. The topological polar surface area (TPSA) is 42.7 Å². The highest BCUT2D eigenvalue weighted by Crippen LogP contribution is 2.27. The molecule has 2 aromatic heterocycles. The van der Waals surface area contributed by atoms with Crippen LogP contribution in [0.15, 0.2) is 42.9 Å². The number of pyridine rings is 1. The van der Waals surface area contributed by atoms with Crippen LogP contribution in [0, 0.1) is 0 Å². The smallest absolute Gasteiger partial charge is 0.0770 e. The second kappa shape index (κ2) is 5.13. The number of aromatic nitrogens is 3. The molecule has 0 amide bonds. The molecule has 0 unspecified atom stereocenters. The molecule has 0 aliphatic carbocycles. The highest BCUT2D eigenvalue weighted by atomic mass is 35.5. The summed E-state index contributed by atoms with van der Waals surface area (Å²) in [6, 6.07) is 8.00. The van der Waals surface area contributed by atoms with Crippen LogP contribution in [0.25, 0.3) is 10.9 Å². The van der Waals surface area contributed by atoms with Crippen LogP contribution in [-0.4, -0.2) is 14.8 Å². The molecular weight excluding hydrogens is 272 g/mol.